The number of nitrogens with zero attached hydrogens (tertiary/aromatic N) is 3. The van der Waals surface area contributed by atoms with E-state index in [-0.39, 0.29) is 16.6 Å². The van der Waals surface area contributed by atoms with Crippen molar-refractivity contribution in [1.29, 1.82) is 0 Å². The molecule has 0 fully saturated rings. The van der Waals surface area contributed by atoms with Gasteiger partial charge in [-0.3, -0.25) is 19.5 Å². The molecule has 1 aromatic heterocycles. The van der Waals surface area contributed by atoms with Crippen LogP contribution in [0.25, 0.3) is 10.9 Å². The van der Waals surface area contributed by atoms with Crippen LogP contribution in [0.1, 0.15) is 18.3 Å². The van der Waals surface area contributed by atoms with E-state index in [1.165, 1.54) is 22.8 Å². The summed E-state index contributed by atoms with van der Waals surface area (Å²) in [7, 11) is 0. The second-order valence-electron chi connectivity index (χ2n) is 4.19. The summed E-state index contributed by atoms with van der Waals surface area (Å²) in [6, 6.07) is 3.95. The molecular formula is C11H9N3O4. The maximum absolute atomic E-state index is 12.1. The van der Waals surface area contributed by atoms with Crippen molar-refractivity contribution >= 4 is 16.6 Å². The Labute approximate surface area is 100 Å². The first kappa shape index (κ1) is 10.8. The van der Waals surface area contributed by atoms with E-state index in [0.29, 0.717) is 24.3 Å². The molecule has 0 saturated carbocycles. The van der Waals surface area contributed by atoms with Gasteiger partial charge in [0.15, 0.2) is 0 Å². The number of non-ortho nitro benzene ring substituents is 1. The number of nitro groups is 1. The highest BCUT2D eigenvalue weighted by Gasteiger charge is 2.24. The minimum absolute atomic E-state index is 0.138. The average Bonchev–Trinajstić information content (AvgIpc) is 2.71. The molecule has 0 amide bonds. The molecule has 7 heteroatoms. The van der Waals surface area contributed by atoms with Crippen molar-refractivity contribution in [3.05, 3.63) is 44.5 Å². The van der Waals surface area contributed by atoms with Gasteiger partial charge >= 0.3 is 0 Å². The van der Waals surface area contributed by atoms with Crippen LogP contribution in [-0.4, -0.2) is 19.6 Å². The van der Waals surface area contributed by atoms with E-state index in [4.69, 9.17) is 0 Å². The summed E-state index contributed by atoms with van der Waals surface area (Å²) < 4.78 is 1.37. The van der Waals surface area contributed by atoms with Gasteiger partial charge < -0.3 is 5.11 Å². The lowest BCUT2D eigenvalue weighted by molar-refractivity contribution is -0.384. The van der Waals surface area contributed by atoms with E-state index in [9.17, 15) is 20.0 Å². The summed E-state index contributed by atoms with van der Waals surface area (Å²) in [6.45, 7) is 0.390. The van der Waals surface area contributed by atoms with Crippen LogP contribution in [0, 0.1) is 10.1 Å². The van der Waals surface area contributed by atoms with E-state index in [0.717, 1.165) is 0 Å². The van der Waals surface area contributed by atoms with Gasteiger partial charge in [0.1, 0.15) is 11.9 Å². The molecule has 1 atom stereocenters. The third-order valence-electron chi connectivity index (χ3n) is 3.10. The first-order chi connectivity index (χ1) is 8.58. The third-order valence-corrected chi connectivity index (χ3v) is 3.10. The monoisotopic (exact) mass is 247 g/mol. The molecule has 0 radical (unpaired) electrons. The summed E-state index contributed by atoms with van der Waals surface area (Å²) >= 11 is 0. The fraction of sp³-hybridized carbons (Fsp3) is 0.273. The number of hydrogen-bond acceptors (Lipinski definition) is 5. The Kier molecular flexibility index (Phi) is 2.17. The molecule has 1 aliphatic rings. The van der Waals surface area contributed by atoms with Gasteiger partial charge in [-0.25, -0.2) is 4.98 Å². The van der Waals surface area contributed by atoms with Crippen LogP contribution in [0.5, 0.6) is 0 Å². The predicted octanol–water partition coefficient (Wildman–Crippen LogP) is 0.742. The van der Waals surface area contributed by atoms with Gasteiger partial charge in [-0.2, -0.15) is 0 Å². The summed E-state index contributed by atoms with van der Waals surface area (Å²) in [5.74, 6) is 0.335. The topological polar surface area (TPSA) is 98.3 Å². The number of benzene rings is 1. The van der Waals surface area contributed by atoms with Crippen molar-refractivity contribution in [3.8, 4) is 0 Å². The Morgan fingerprint density at radius 1 is 1.50 bits per heavy atom. The fourth-order valence-corrected chi connectivity index (χ4v) is 2.19. The van der Waals surface area contributed by atoms with Gasteiger partial charge in [-0.1, -0.05) is 0 Å². The van der Waals surface area contributed by atoms with Gasteiger partial charge in [0.2, 0.25) is 0 Å². The highest BCUT2D eigenvalue weighted by molar-refractivity contribution is 5.80. The summed E-state index contributed by atoms with van der Waals surface area (Å²) in [5, 5.41) is 20.6. The molecule has 18 heavy (non-hydrogen) atoms. The van der Waals surface area contributed by atoms with Crippen molar-refractivity contribution in [1.82, 2.24) is 9.55 Å². The van der Waals surface area contributed by atoms with Crippen LogP contribution in [0.15, 0.2) is 23.0 Å². The molecular weight excluding hydrogens is 238 g/mol. The minimum Gasteiger partial charge on any atom is -0.385 e. The van der Waals surface area contributed by atoms with E-state index in [1.807, 2.05) is 0 Å². The van der Waals surface area contributed by atoms with E-state index in [2.05, 4.69) is 4.98 Å². The number of hydrogen-bond donors (Lipinski definition) is 1. The summed E-state index contributed by atoms with van der Waals surface area (Å²) in [6.07, 6.45) is -0.294. The van der Waals surface area contributed by atoms with E-state index in [1.54, 1.807) is 0 Å². The molecule has 2 aromatic rings. The molecule has 7 nitrogen and oxygen atoms in total. The number of aromatic nitrogens is 2. The van der Waals surface area contributed by atoms with Gasteiger partial charge in [0.05, 0.1) is 15.8 Å². The smallest absolute Gasteiger partial charge is 0.270 e. The standard InChI is InChI=1S/C11H9N3O4/c15-9-3-4-13-10(9)12-8-2-1-6(14(17)18)5-7(8)11(13)16/h1-2,5,9,15H,3-4H2. The van der Waals surface area contributed by atoms with Crippen molar-refractivity contribution in [2.24, 2.45) is 0 Å². The molecule has 0 spiro atoms. The van der Waals surface area contributed by atoms with Gasteiger partial charge in [-0.15, -0.1) is 0 Å². The molecule has 2 heterocycles. The van der Waals surface area contributed by atoms with E-state index >= 15 is 0 Å². The molecule has 1 aromatic carbocycles. The SMILES string of the molecule is O=c1c2cc([N+](=O)[O-])ccc2nc2n1CCC2O. The van der Waals surface area contributed by atoms with Crippen LogP contribution in [-0.2, 0) is 6.54 Å². The Morgan fingerprint density at radius 3 is 3.00 bits per heavy atom. The van der Waals surface area contributed by atoms with Crippen LogP contribution in [0.2, 0.25) is 0 Å². The van der Waals surface area contributed by atoms with Crippen molar-refractivity contribution in [3.63, 3.8) is 0 Å². The van der Waals surface area contributed by atoms with Gasteiger partial charge in [-0.05, 0) is 12.5 Å². The average molecular weight is 247 g/mol. The molecule has 0 saturated heterocycles. The Hall–Kier alpha value is -2.28. The van der Waals surface area contributed by atoms with E-state index < -0.39 is 11.0 Å². The van der Waals surface area contributed by atoms with Crippen molar-refractivity contribution in [2.45, 2.75) is 19.1 Å². The maximum Gasteiger partial charge on any atom is 0.270 e. The highest BCUT2D eigenvalue weighted by atomic mass is 16.6. The number of aliphatic hydroxyl groups is 1. The van der Waals surface area contributed by atoms with Crippen molar-refractivity contribution in [2.75, 3.05) is 0 Å². The second kappa shape index (κ2) is 3.61. The quantitative estimate of drug-likeness (QED) is 0.592. The first-order valence-electron chi connectivity index (χ1n) is 5.45. The molecule has 1 unspecified atom stereocenters. The minimum atomic E-state index is -0.739. The number of fused-ring (bicyclic) bond motifs is 2. The van der Waals surface area contributed by atoms with Crippen molar-refractivity contribution < 1.29 is 10.0 Å². The van der Waals surface area contributed by atoms with Crippen LogP contribution >= 0.6 is 0 Å². The summed E-state index contributed by atoms with van der Waals surface area (Å²) in [4.78, 5) is 26.4. The van der Waals surface area contributed by atoms with Crippen LogP contribution in [0.4, 0.5) is 5.69 Å². The van der Waals surface area contributed by atoms with Crippen LogP contribution in [0.3, 0.4) is 0 Å². The molecule has 92 valence electrons. The third kappa shape index (κ3) is 1.41. The zero-order valence-electron chi connectivity index (χ0n) is 9.24. The highest BCUT2D eigenvalue weighted by Crippen LogP contribution is 2.24. The second-order valence-corrected chi connectivity index (χ2v) is 4.19. The Bertz CT molecular complexity index is 722. The normalized spacial score (nSPS) is 17.9. The lowest BCUT2D eigenvalue weighted by Crippen LogP contribution is -2.21. The zero-order chi connectivity index (χ0) is 12.9. The number of nitro benzene ring substituents is 1. The predicted molar refractivity (Wildman–Crippen MR) is 62.2 cm³/mol. The lowest BCUT2D eigenvalue weighted by atomic mass is 10.2. The molecule has 1 aliphatic heterocycles. The van der Waals surface area contributed by atoms with Crippen LogP contribution < -0.4 is 5.56 Å². The number of rotatable bonds is 1. The number of aliphatic hydroxyl groups excluding tert-OH is 1. The largest absolute Gasteiger partial charge is 0.385 e. The molecule has 1 N–H and O–H groups in total. The molecule has 3 rings (SSSR count). The Balaban J connectivity index is 2.36. The fourth-order valence-electron chi connectivity index (χ4n) is 2.19. The van der Waals surface area contributed by atoms with Gasteiger partial charge in [0.25, 0.3) is 11.2 Å². The lowest BCUT2D eigenvalue weighted by Gasteiger charge is -2.06. The first-order valence-corrected chi connectivity index (χ1v) is 5.45. The Morgan fingerprint density at radius 2 is 2.28 bits per heavy atom. The molecule has 0 aliphatic carbocycles. The van der Waals surface area contributed by atoms with Gasteiger partial charge in [0, 0.05) is 18.7 Å². The zero-order valence-corrected chi connectivity index (χ0v) is 9.24. The summed E-state index contributed by atoms with van der Waals surface area (Å²) in [5.41, 5.74) is -0.103. The molecule has 0 bridgehead atoms. The maximum atomic E-state index is 12.1.